The molecule has 0 atom stereocenters. The van der Waals surface area contributed by atoms with Crippen molar-refractivity contribution in [1.82, 2.24) is 5.32 Å². The molecule has 3 N–H and O–H groups in total. The van der Waals surface area contributed by atoms with Crippen LogP contribution in [0.2, 0.25) is 0 Å². The van der Waals surface area contributed by atoms with Crippen LogP contribution in [0.4, 0.5) is 5.82 Å². The van der Waals surface area contributed by atoms with Crippen molar-refractivity contribution in [2.45, 2.75) is 27.2 Å². The minimum absolute atomic E-state index is 0.0240. The number of benzene rings is 1. The molecule has 5 nitrogen and oxygen atoms in total. The quantitative estimate of drug-likeness (QED) is 0.829. The van der Waals surface area contributed by atoms with Crippen LogP contribution in [0, 0.1) is 25.2 Å². The van der Waals surface area contributed by atoms with Crippen molar-refractivity contribution in [2.24, 2.45) is 0 Å². The molecule has 0 saturated heterocycles. The summed E-state index contributed by atoms with van der Waals surface area (Å²) in [5, 5.41) is 16.3. The number of carbonyl (C=O) groups is 1. The van der Waals surface area contributed by atoms with Crippen molar-refractivity contribution in [2.75, 3.05) is 18.4 Å². The molecule has 0 aliphatic heterocycles. The minimum Gasteiger partial charge on any atom is -0.352 e. The molecule has 0 fully saturated rings. The topological polar surface area (TPSA) is 79.1 Å². The number of H-pyrrole nitrogens is 1. The van der Waals surface area contributed by atoms with Crippen LogP contribution < -0.4 is 15.6 Å². The Morgan fingerprint density at radius 1 is 1.23 bits per heavy atom. The van der Waals surface area contributed by atoms with Gasteiger partial charge in [-0.2, -0.15) is 5.26 Å². The SMILES string of the molecule is CCC(=O)NCCNc1[nH+]c2cc(C)c(C)cc2cc1C#N. The molecule has 1 aromatic heterocycles. The van der Waals surface area contributed by atoms with Crippen LogP contribution in [-0.4, -0.2) is 19.0 Å². The van der Waals surface area contributed by atoms with E-state index in [4.69, 9.17) is 0 Å². The Hall–Kier alpha value is -2.61. The number of hydrogen-bond acceptors (Lipinski definition) is 3. The third-order valence-electron chi connectivity index (χ3n) is 3.69. The van der Waals surface area contributed by atoms with Crippen LogP contribution in [0.5, 0.6) is 0 Å². The predicted octanol–water partition coefficient (Wildman–Crippen LogP) is 2.08. The lowest BCUT2D eigenvalue weighted by Gasteiger charge is -2.06. The van der Waals surface area contributed by atoms with Crippen molar-refractivity contribution in [1.29, 1.82) is 5.26 Å². The monoisotopic (exact) mass is 297 g/mol. The Balaban J connectivity index is 2.20. The van der Waals surface area contributed by atoms with Gasteiger partial charge in [-0.15, -0.1) is 0 Å². The fourth-order valence-electron chi connectivity index (χ4n) is 2.24. The van der Waals surface area contributed by atoms with Gasteiger partial charge in [0.15, 0.2) is 0 Å². The Morgan fingerprint density at radius 2 is 1.95 bits per heavy atom. The first kappa shape index (κ1) is 15.8. The summed E-state index contributed by atoms with van der Waals surface area (Å²) in [5.74, 6) is 0.708. The molecule has 1 heterocycles. The lowest BCUT2D eigenvalue weighted by molar-refractivity contribution is -0.327. The van der Waals surface area contributed by atoms with E-state index in [1.54, 1.807) is 0 Å². The fourth-order valence-corrected chi connectivity index (χ4v) is 2.24. The standard InChI is InChI=1S/C17H20N4O/c1-4-16(22)19-5-6-20-17-14(10-18)9-13-7-11(2)12(3)8-15(13)21-17/h7-9H,4-6H2,1-3H3,(H,19,22)(H,20,21)/p+1. The van der Waals surface area contributed by atoms with Crippen LogP contribution in [-0.2, 0) is 4.79 Å². The Bertz CT molecular complexity index is 746. The van der Waals surface area contributed by atoms with Gasteiger partial charge >= 0.3 is 0 Å². The van der Waals surface area contributed by atoms with Crippen molar-refractivity contribution in [3.63, 3.8) is 0 Å². The summed E-state index contributed by atoms with van der Waals surface area (Å²) in [5.41, 5.74) is 3.96. The molecule has 0 unspecified atom stereocenters. The first-order chi connectivity index (χ1) is 10.5. The van der Waals surface area contributed by atoms with Gasteiger partial charge in [-0.1, -0.05) is 6.92 Å². The molecule has 2 aromatic rings. The summed E-state index contributed by atoms with van der Waals surface area (Å²) in [6.07, 6.45) is 0.476. The van der Waals surface area contributed by atoms with Crippen LogP contribution >= 0.6 is 0 Å². The summed E-state index contributed by atoms with van der Waals surface area (Å²) >= 11 is 0. The van der Waals surface area contributed by atoms with E-state index in [2.05, 4.69) is 47.7 Å². The number of rotatable bonds is 5. The van der Waals surface area contributed by atoms with Gasteiger partial charge in [-0.3, -0.25) is 10.1 Å². The van der Waals surface area contributed by atoms with Crippen LogP contribution in [0.1, 0.15) is 30.0 Å². The lowest BCUT2D eigenvalue weighted by atomic mass is 10.0. The van der Waals surface area contributed by atoms with Gasteiger partial charge in [-0.25, -0.2) is 4.98 Å². The molecule has 114 valence electrons. The van der Waals surface area contributed by atoms with Crippen LogP contribution in [0.15, 0.2) is 18.2 Å². The lowest BCUT2D eigenvalue weighted by Crippen LogP contribution is -2.29. The number of fused-ring (bicyclic) bond motifs is 1. The number of aryl methyl sites for hydroxylation is 2. The number of carbonyl (C=O) groups excluding carboxylic acids is 1. The first-order valence-electron chi connectivity index (χ1n) is 7.43. The summed E-state index contributed by atoms with van der Waals surface area (Å²) in [6, 6.07) is 8.24. The number of aromatic amines is 1. The van der Waals surface area contributed by atoms with E-state index in [-0.39, 0.29) is 5.91 Å². The van der Waals surface area contributed by atoms with E-state index in [9.17, 15) is 10.1 Å². The highest BCUT2D eigenvalue weighted by Gasteiger charge is 2.13. The van der Waals surface area contributed by atoms with Crippen molar-refractivity contribution >= 4 is 22.6 Å². The van der Waals surface area contributed by atoms with Crippen LogP contribution in [0.3, 0.4) is 0 Å². The second-order valence-electron chi connectivity index (χ2n) is 5.32. The number of aromatic nitrogens is 1. The van der Waals surface area contributed by atoms with E-state index >= 15 is 0 Å². The summed E-state index contributed by atoms with van der Waals surface area (Å²) in [6.45, 7) is 7.03. The zero-order valence-corrected chi connectivity index (χ0v) is 13.2. The second kappa shape index (κ2) is 6.90. The maximum Gasteiger partial charge on any atom is 0.290 e. The number of anilines is 1. The average molecular weight is 297 g/mol. The Kier molecular flexibility index (Phi) is 4.95. The molecule has 1 aromatic carbocycles. The first-order valence-corrected chi connectivity index (χ1v) is 7.43. The second-order valence-corrected chi connectivity index (χ2v) is 5.32. The average Bonchev–Trinajstić information content (AvgIpc) is 2.52. The number of nitrogens with one attached hydrogen (secondary N) is 3. The fraction of sp³-hybridized carbons (Fsp3) is 0.353. The molecule has 2 rings (SSSR count). The number of hydrogen-bond donors (Lipinski definition) is 2. The number of amides is 1. The molecule has 0 aliphatic rings. The van der Waals surface area contributed by atoms with Gasteiger partial charge in [-0.05, 0) is 43.2 Å². The molecule has 5 heteroatoms. The summed E-state index contributed by atoms with van der Waals surface area (Å²) < 4.78 is 0. The van der Waals surface area contributed by atoms with Gasteiger partial charge in [0, 0.05) is 11.8 Å². The molecule has 0 radical (unpaired) electrons. The van der Waals surface area contributed by atoms with Gasteiger partial charge in [0.05, 0.1) is 6.54 Å². The van der Waals surface area contributed by atoms with Crippen LogP contribution in [0.25, 0.3) is 10.9 Å². The van der Waals surface area contributed by atoms with Gasteiger partial charge in [0.2, 0.25) is 5.91 Å². The molecule has 0 aliphatic carbocycles. The van der Waals surface area contributed by atoms with Gasteiger partial charge in [0.1, 0.15) is 23.7 Å². The predicted molar refractivity (Wildman–Crippen MR) is 86.5 cm³/mol. The molecule has 0 saturated carbocycles. The number of pyridine rings is 1. The highest BCUT2D eigenvalue weighted by Crippen LogP contribution is 2.19. The third kappa shape index (κ3) is 3.53. The zero-order valence-electron chi connectivity index (χ0n) is 13.2. The van der Waals surface area contributed by atoms with E-state index in [0.29, 0.717) is 30.9 Å². The maximum atomic E-state index is 11.2. The van der Waals surface area contributed by atoms with Crippen molar-refractivity contribution in [3.05, 3.63) is 34.9 Å². The number of nitrogens with zero attached hydrogens (tertiary/aromatic N) is 1. The van der Waals surface area contributed by atoms with E-state index in [1.807, 2.05) is 13.0 Å². The third-order valence-corrected chi connectivity index (χ3v) is 3.69. The Morgan fingerprint density at radius 3 is 2.64 bits per heavy atom. The van der Waals surface area contributed by atoms with E-state index < -0.39 is 0 Å². The van der Waals surface area contributed by atoms with Crippen molar-refractivity contribution in [3.8, 4) is 6.07 Å². The maximum absolute atomic E-state index is 11.2. The minimum atomic E-state index is 0.0240. The van der Waals surface area contributed by atoms with Gasteiger partial charge < -0.3 is 5.32 Å². The molecule has 0 spiro atoms. The highest BCUT2D eigenvalue weighted by molar-refractivity contribution is 5.80. The van der Waals surface area contributed by atoms with Gasteiger partial charge in [0.25, 0.3) is 5.82 Å². The molecule has 0 bridgehead atoms. The summed E-state index contributed by atoms with van der Waals surface area (Å²) in [4.78, 5) is 14.5. The Labute approximate surface area is 130 Å². The molecule has 1 amide bonds. The zero-order chi connectivity index (χ0) is 16.1. The molecule has 22 heavy (non-hydrogen) atoms. The summed E-state index contributed by atoms with van der Waals surface area (Å²) in [7, 11) is 0. The number of nitriles is 1. The molecular weight excluding hydrogens is 276 g/mol. The molecular formula is C17H21N4O+. The van der Waals surface area contributed by atoms with E-state index in [1.165, 1.54) is 11.1 Å². The largest absolute Gasteiger partial charge is 0.352 e. The highest BCUT2D eigenvalue weighted by atomic mass is 16.1. The normalized spacial score (nSPS) is 10.3. The smallest absolute Gasteiger partial charge is 0.290 e. The van der Waals surface area contributed by atoms with Crippen molar-refractivity contribution < 1.29 is 9.78 Å². The van der Waals surface area contributed by atoms with E-state index in [0.717, 1.165) is 10.9 Å².